The van der Waals surface area contributed by atoms with E-state index >= 15 is 0 Å². The quantitative estimate of drug-likeness (QED) is 0.858. The van der Waals surface area contributed by atoms with Gasteiger partial charge in [0, 0.05) is 28.5 Å². The lowest BCUT2D eigenvalue weighted by atomic mass is 10.00. The molecule has 0 radical (unpaired) electrons. The average Bonchev–Trinajstić information content (AvgIpc) is 2.96. The molecule has 3 rings (SSSR count). The van der Waals surface area contributed by atoms with Gasteiger partial charge in [-0.25, -0.2) is 0 Å². The third kappa shape index (κ3) is 3.24. The number of benzene rings is 1. The Balaban J connectivity index is 1.62. The van der Waals surface area contributed by atoms with Crippen LogP contribution in [0.25, 0.3) is 0 Å². The number of aliphatic hydroxyl groups is 1. The van der Waals surface area contributed by atoms with Gasteiger partial charge in [-0.2, -0.15) is 0 Å². The molecule has 2 aromatic rings. The molecule has 1 aliphatic rings. The van der Waals surface area contributed by atoms with Crippen LogP contribution in [0.15, 0.2) is 40.2 Å². The summed E-state index contributed by atoms with van der Waals surface area (Å²) in [6.07, 6.45) is 1.51. The van der Waals surface area contributed by atoms with Crippen LogP contribution in [0.5, 0.6) is 0 Å². The van der Waals surface area contributed by atoms with Gasteiger partial charge in [0.05, 0.1) is 6.10 Å². The zero-order valence-electron chi connectivity index (χ0n) is 12.1. The second-order valence-corrected chi connectivity index (χ2v) is 7.44. The molecular formula is C17H20BrNOS. The molecule has 0 saturated heterocycles. The minimum Gasteiger partial charge on any atom is -0.388 e. The zero-order chi connectivity index (χ0) is 14.8. The first kappa shape index (κ1) is 15.2. The molecule has 1 N–H and O–H groups in total. The predicted octanol–water partition coefficient (Wildman–Crippen LogP) is 4.55. The van der Waals surface area contributed by atoms with E-state index in [2.05, 4.69) is 39.2 Å². The summed E-state index contributed by atoms with van der Waals surface area (Å²) in [5.74, 6) is 0. The number of aliphatic hydroxyl groups excluding tert-OH is 1. The van der Waals surface area contributed by atoms with Crippen molar-refractivity contribution in [2.24, 2.45) is 0 Å². The second kappa shape index (κ2) is 6.61. The van der Waals surface area contributed by atoms with Gasteiger partial charge in [0.1, 0.15) is 0 Å². The second-order valence-electron chi connectivity index (χ2n) is 5.59. The summed E-state index contributed by atoms with van der Waals surface area (Å²) in [4.78, 5) is 4.01. The lowest BCUT2D eigenvalue weighted by Crippen LogP contribution is -2.34. The van der Waals surface area contributed by atoms with Gasteiger partial charge < -0.3 is 5.11 Å². The molecule has 112 valence electrons. The maximum absolute atomic E-state index is 10.4. The van der Waals surface area contributed by atoms with Crippen LogP contribution in [-0.4, -0.2) is 23.1 Å². The van der Waals surface area contributed by atoms with Gasteiger partial charge in [-0.1, -0.05) is 34.1 Å². The van der Waals surface area contributed by atoms with Crippen LogP contribution in [0.4, 0.5) is 0 Å². The van der Waals surface area contributed by atoms with Gasteiger partial charge in [-0.3, -0.25) is 4.90 Å². The number of hydrogen-bond donors (Lipinski definition) is 1. The standard InChI is InChI=1S/C17H20BrNOS/c1-12-13-8-11-21-17(13)7-10-19(12)9-6-16(20)14-4-2-3-5-15(14)18/h2-5,8,11-12,16,20H,6-7,9-10H2,1H3. The summed E-state index contributed by atoms with van der Waals surface area (Å²) in [5.41, 5.74) is 2.46. The van der Waals surface area contributed by atoms with Crippen LogP contribution >= 0.6 is 27.3 Å². The molecule has 1 aliphatic heterocycles. The topological polar surface area (TPSA) is 23.5 Å². The number of thiophene rings is 1. The molecule has 0 spiro atoms. The Kier molecular flexibility index (Phi) is 4.79. The van der Waals surface area contributed by atoms with Gasteiger partial charge in [-0.05, 0) is 48.4 Å². The van der Waals surface area contributed by atoms with Crippen LogP contribution in [0, 0.1) is 0 Å². The van der Waals surface area contributed by atoms with Crippen LogP contribution in [0.1, 0.15) is 41.5 Å². The summed E-state index contributed by atoms with van der Waals surface area (Å²) in [6, 6.07) is 10.6. The van der Waals surface area contributed by atoms with E-state index in [-0.39, 0.29) is 0 Å². The normalized spacial score (nSPS) is 20.2. The molecule has 0 aliphatic carbocycles. The van der Waals surface area contributed by atoms with E-state index in [1.807, 2.05) is 35.6 Å². The number of hydrogen-bond acceptors (Lipinski definition) is 3. The van der Waals surface area contributed by atoms with Crippen molar-refractivity contribution in [3.8, 4) is 0 Å². The summed E-state index contributed by atoms with van der Waals surface area (Å²) in [7, 11) is 0. The number of halogens is 1. The fraction of sp³-hybridized carbons (Fsp3) is 0.412. The van der Waals surface area contributed by atoms with Crippen molar-refractivity contribution in [3.63, 3.8) is 0 Å². The Hall–Kier alpha value is -0.680. The molecule has 2 heterocycles. The van der Waals surface area contributed by atoms with Crippen molar-refractivity contribution in [1.29, 1.82) is 0 Å². The smallest absolute Gasteiger partial charge is 0.0813 e. The monoisotopic (exact) mass is 365 g/mol. The molecular weight excluding hydrogens is 346 g/mol. The summed E-state index contributed by atoms with van der Waals surface area (Å²) >= 11 is 5.39. The predicted molar refractivity (Wildman–Crippen MR) is 91.7 cm³/mol. The third-order valence-electron chi connectivity index (χ3n) is 4.36. The van der Waals surface area contributed by atoms with Crippen LogP contribution in [0.3, 0.4) is 0 Å². The highest BCUT2D eigenvalue weighted by molar-refractivity contribution is 9.10. The van der Waals surface area contributed by atoms with E-state index in [9.17, 15) is 5.11 Å². The first-order valence-electron chi connectivity index (χ1n) is 7.39. The van der Waals surface area contributed by atoms with Gasteiger partial charge in [-0.15, -0.1) is 11.3 Å². The van der Waals surface area contributed by atoms with Crippen molar-refractivity contribution in [1.82, 2.24) is 4.90 Å². The molecule has 2 unspecified atom stereocenters. The fourth-order valence-electron chi connectivity index (χ4n) is 3.06. The first-order valence-corrected chi connectivity index (χ1v) is 9.07. The van der Waals surface area contributed by atoms with E-state index in [0.29, 0.717) is 6.04 Å². The minimum absolute atomic E-state index is 0.406. The lowest BCUT2D eigenvalue weighted by Gasteiger charge is -2.34. The average molecular weight is 366 g/mol. The van der Waals surface area contributed by atoms with Gasteiger partial charge in [0.15, 0.2) is 0 Å². The molecule has 0 amide bonds. The highest BCUT2D eigenvalue weighted by Crippen LogP contribution is 2.33. The molecule has 1 aromatic carbocycles. The number of nitrogens with zero attached hydrogens (tertiary/aromatic N) is 1. The van der Waals surface area contributed by atoms with Gasteiger partial charge in [0.25, 0.3) is 0 Å². The van der Waals surface area contributed by atoms with Crippen molar-refractivity contribution in [2.45, 2.75) is 31.9 Å². The fourth-order valence-corrected chi connectivity index (χ4v) is 4.57. The Bertz CT molecular complexity index is 612. The maximum Gasteiger partial charge on any atom is 0.0813 e. The maximum atomic E-state index is 10.4. The largest absolute Gasteiger partial charge is 0.388 e. The molecule has 2 nitrogen and oxygen atoms in total. The van der Waals surface area contributed by atoms with Crippen molar-refractivity contribution < 1.29 is 5.11 Å². The third-order valence-corrected chi connectivity index (χ3v) is 6.08. The number of fused-ring (bicyclic) bond motifs is 1. The molecule has 0 fully saturated rings. The van der Waals surface area contributed by atoms with Crippen molar-refractivity contribution in [2.75, 3.05) is 13.1 Å². The van der Waals surface area contributed by atoms with Gasteiger partial charge in [0.2, 0.25) is 0 Å². The molecule has 21 heavy (non-hydrogen) atoms. The summed E-state index contributed by atoms with van der Waals surface area (Å²) in [5, 5.41) is 12.6. The van der Waals surface area contributed by atoms with Crippen LogP contribution in [0.2, 0.25) is 0 Å². The minimum atomic E-state index is -0.406. The summed E-state index contributed by atoms with van der Waals surface area (Å²) in [6.45, 7) is 4.30. The van der Waals surface area contributed by atoms with Crippen molar-refractivity contribution >= 4 is 27.3 Å². The molecule has 2 atom stereocenters. The van der Waals surface area contributed by atoms with E-state index in [4.69, 9.17) is 0 Å². The highest BCUT2D eigenvalue weighted by atomic mass is 79.9. The Morgan fingerprint density at radius 3 is 3.00 bits per heavy atom. The molecule has 4 heteroatoms. The number of rotatable bonds is 4. The van der Waals surface area contributed by atoms with E-state index < -0.39 is 6.10 Å². The molecule has 0 bridgehead atoms. The Labute approximate surface area is 138 Å². The lowest BCUT2D eigenvalue weighted by molar-refractivity contribution is 0.123. The van der Waals surface area contributed by atoms with Crippen LogP contribution in [-0.2, 0) is 6.42 Å². The van der Waals surface area contributed by atoms with E-state index in [1.54, 1.807) is 0 Å². The Morgan fingerprint density at radius 1 is 1.38 bits per heavy atom. The SMILES string of the molecule is CC1c2ccsc2CCN1CCC(O)c1ccccc1Br. The Morgan fingerprint density at radius 2 is 2.19 bits per heavy atom. The zero-order valence-corrected chi connectivity index (χ0v) is 14.5. The first-order chi connectivity index (χ1) is 10.2. The van der Waals surface area contributed by atoms with E-state index in [1.165, 1.54) is 10.4 Å². The van der Waals surface area contributed by atoms with Crippen LogP contribution < -0.4 is 0 Å². The summed E-state index contributed by atoms with van der Waals surface area (Å²) < 4.78 is 0.990. The van der Waals surface area contributed by atoms with E-state index in [0.717, 1.165) is 36.0 Å². The van der Waals surface area contributed by atoms with Crippen molar-refractivity contribution in [3.05, 3.63) is 56.2 Å². The molecule has 0 saturated carbocycles. The van der Waals surface area contributed by atoms with Gasteiger partial charge >= 0.3 is 0 Å². The molecule has 1 aromatic heterocycles. The highest BCUT2D eigenvalue weighted by Gasteiger charge is 2.25.